The van der Waals surface area contributed by atoms with E-state index in [4.69, 9.17) is 5.11 Å². The van der Waals surface area contributed by atoms with Crippen molar-refractivity contribution in [2.75, 3.05) is 20.2 Å². The zero-order valence-corrected chi connectivity index (χ0v) is 8.45. The van der Waals surface area contributed by atoms with Gasteiger partial charge in [-0.25, -0.2) is 0 Å². The summed E-state index contributed by atoms with van der Waals surface area (Å²) >= 11 is 0. The third kappa shape index (κ3) is 2.20. The third-order valence-electron chi connectivity index (χ3n) is 3.17. The van der Waals surface area contributed by atoms with Gasteiger partial charge in [-0.1, -0.05) is 13.8 Å². The largest absolute Gasteiger partial charge is 0.395 e. The van der Waals surface area contributed by atoms with E-state index in [1.807, 2.05) is 0 Å². The lowest BCUT2D eigenvalue weighted by atomic mass is 9.85. The molecule has 1 fully saturated rings. The van der Waals surface area contributed by atoms with Gasteiger partial charge in [0.25, 0.3) is 0 Å². The summed E-state index contributed by atoms with van der Waals surface area (Å²) in [5, 5.41) is 9.04. The van der Waals surface area contributed by atoms with Crippen LogP contribution >= 0.6 is 0 Å². The Labute approximate surface area is 75.6 Å². The molecule has 1 aliphatic rings. The maximum absolute atomic E-state index is 9.04. The summed E-state index contributed by atoms with van der Waals surface area (Å²) in [5.41, 5.74) is 0. The molecular formula is C10H21NO. The summed E-state index contributed by atoms with van der Waals surface area (Å²) in [7, 11) is 2.12. The van der Waals surface area contributed by atoms with Gasteiger partial charge in [-0.15, -0.1) is 0 Å². The minimum absolute atomic E-state index is 0.321. The fraction of sp³-hybridized carbons (Fsp3) is 1.00. The second kappa shape index (κ2) is 4.24. The van der Waals surface area contributed by atoms with Crippen molar-refractivity contribution in [2.45, 2.75) is 32.7 Å². The Balaban J connectivity index is 2.40. The smallest absolute Gasteiger partial charge is 0.0586 e. The van der Waals surface area contributed by atoms with Crippen molar-refractivity contribution in [3.8, 4) is 0 Å². The first kappa shape index (κ1) is 10.0. The van der Waals surface area contributed by atoms with E-state index in [9.17, 15) is 0 Å². The van der Waals surface area contributed by atoms with E-state index in [2.05, 4.69) is 25.8 Å². The van der Waals surface area contributed by atoms with Crippen molar-refractivity contribution in [1.29, 1.82) is 0 Å². The Kier molecular flexibility index (Phi) is 3.53. The minimum atomic E-state index is 0.321. The molecule has 0 aromatic rings. The first-order chi connectivity index (χ1) is 5.65. The number of aliphatic hydroxyl groups is 1. The highest BCUT2D eigenvalue weighted by molar-refractivity contribution is 4.80. The van der Waals surface area contributed by atoms with Crippen molar-refractivity contribution < 1.29 is 5.11 Å². The lowest BCUT2D eigenvalue weighted by Crippen LogP contribution is -2.43. The van der Waals surface area contributed by atoms with Crippen LogP contribution in [0.2, 0.25) is 0 Å². The fourth-order valence-electron chi connectivity index (χ4n) is 2.01. The van der Waals surface area contributed by atoms with Gasteiger partial charge in [0.05, 0.1) is 6.61 Å². The number of hydrogen-bond donors (Lipinski definition) is 1. The highest BCUT2D eigenvalue weighted by atomic mass is 16.3. The summed E-state index contributed by atoms with van der Waals surface area (Å²) in [5.74, 6) is 1.62. The quantitative estimate of drug-likeness (QED) is 0.678. The summed E-state index contributed by atoms with van der Waals surface area (Å²) in [6.07, 6.45) is 2.45. The number of nitrogens with zero attached hydrogens (tertiary/aromatic N) is 1. The van der Waals surface area contributed by atoms with E-state index in [0.29, 0.717) is 12.6 Å². The number of rotatable bonds is 2. The second-order valence-electron chi connectivity index (χ2n) is 4.36. The molecule has 0 saturated carbocycles. The molecule has 0 aromatic heterocycles. The average molecular weight is 171 g/mol. The van der Waals surface area contributed by atoms with Gasteiger partial charge in [0.2, 0.25) is 0 Å². The summed E-state index contributed by atoms with van der Waals surface area (Å²) in [6, 6.07) is 0.417. The number of hydrogen-bond acceptors (Lipinski definition) is 2. The average Bonchev–Trinajstić information content (AvgIpc) is 2.04. The van der Waals surface area contributed by atoms with Crippen LogP contribution in [-0.2, 0) is 0 Å². The molecule has 1 N–H and O–H groups in total. The van der Waals surface area contributed by atoms with Crippen molar-refractivity contribution in [3.05, 3.63) is 0 Å². The second-order valence-corrected chi connectivity index (χ2v) is 4.36. The van der Waals surface area contributed by atoms with Crippen molar-refractivity contribution in [2.24, 2.45) is 11.8 Å². The highest BCUT2D eigenvalue weighted by Gasteiger charge is 2.26. The third-order valence-corrected chi connectivity index (χ3v) is 3.17. The molecule has 72 valence electrons. The molecule has 1 saturated heterocycles. The van der Waals surface area contributed by atoms with Gasteiger partial charge in [0, 0.05) is 12.6 Å². The molecule has 0 amide bonds. The molecule has 2 unspecified atom stereocenters. The molecule has 0 aromatic carbocycles. The predicted octanol–water partition coefficient (Wildman–Crippen LogP) is 1.35. The fourth-order valence-corrected chi connectivity index (χ4v) is 2.01. The molecule has 1 rings (SSSR count). The van der Waals surface area contributed by atoms with Crippen LogP contribution in [0.15, 0.2) is 0 Å². The van der Waals surface area contributed by atoms with E-state index in [-0.39, 0.29) is 0 Å². The van der Waals surface area contributed by atoms with Crippen LogP contribution in [0.1, 0.15) is 26.7 Å². The molecular weight excluding hydrogens is 150 g/mol. The highest BCUT2D eigenvalue weighted by Crippen LogP contribution is 2.25. The SMILES string of the molecule is CC(C)C1CCC(CO)N(C)C1. The predicted molar refractivity (Wildman–Crippen MR) is 51.1 cm³/mol. The van der Waals surface area contributed by atoms with Crippen LogP contribution in [0, 0.1) is 11.8 Å². The first-order valence-corrected chi connectivity index (χ1v) is 4.96. The molecule has 0 bridgehead atoms. The molecule has 0 radical (unpaired) electrons. The summed E-state index contributed by atoms with van der Waals surface area (Å²) in [4.78, 5) is 2.30. The normalized spacial score (nSPS) is 32.8. The first-order valence-electron chi connectivity index (χ1n) is 4.96. The van der Waals surface area contributed by atoms with Gasteiger partial charge in [-0.3, -0.25) is 0 Å². The maximum Gasteiger partial charge on any atom is 0.0586 e. The Hall–Kier alpha value is -0.0800. The monoisotopic (exact) mass is 171 g/mol. The molecule has 2 heteroatoms. The zero-order chi connectivity index (χ0) is 9.14. The standard InChI is InChI=1S/C10H21NO/c1-8(2)9-4-5-10(7-12)11(3)6-9/h8-10,12H,4-7H2,1-3H3. The van der Waals surface area contributed by atoms with Crippen molar-refractivity contribution >= 4 is 0 Å². The van der Waals surface area contributed by atoms with Gasteiger partial charge in [-0.2, -0.15) is 0 Å². The van der Waals surface area contributed by atoms with E-state index >= 15 is 0 Å². The lowest BCUT2D eigenvalue weighted by Gasteiger charge is -2.37. The minimum Gasteiger partial charge on any atom is -0.395 e. The molecule has 0 spiro atoms. The molecule has 1 heterocycles. The topological polar surface area (TPSA) is 23.5 Å². The molecule has 0 aliphatic carbocycles. The Morgan fingerprint density at radius 1 is 1.42 bits per heavy atom. The lowest BCUT2D eigenvalue weighted by molar-refractivity contribution is 0.0711. The van der Waals surface area contributed by atoms with Gasteiger partial charge < -0.3 is 10.0 Å². The number of likely N-dealkylation sites (tertiary alicyclic amines) is 1. The van der Waals surface area contributed by atoms with Gasteiger partial charge in [0.15, 0.2) is 0 Å². The Morgan fingerprint density at radius 2 is 2.08 bits per heavy atom. The summed E-state index contributed by atoms with van der Waals surface area (Å²) in [6.45, 7) is 6.06. The van der Waals surface area contributed by atoms with E-state index in [0.717, 1.165) is 24.8 Å². The summed E-state index contributed by atoms with van der Waals surface area (Å²) < 4.78 is 0. The number of aliphatic hydroxyl groups excluding tert-OH is 1. The Morgan fingerprint density at radius 3 is 2.50 bits per heavy atom. The van der Waals surface area contributed by atoms with Crippen LogP contribution < -0.4 is 0 Å². The van der Waals surface area contributed by atoms with Crippen LogP contribution in [0.4, 0.5) is 0 Å². The van der Waals surface area contributed by atoms with Crippen molar-refractivity contribution in [1.82, 2.24) is 4.90 Å². The van der Waals surface area contributed by atoms with Crippen LogP contribution in [0.25, 0.3) is 0 Å². The van der Waals surface area contributed by atoms with E-state index < -0.39 is 0 Å². The van der Waals surface area contributed by atoms with Gasteiger partial charge in [0.1, 0.15) is 0 Å². The van der Waals surface area contributed by atoms with Crippen molar-refractivity contribution in [3.63, 3.8) is 0 Å². The van der Waals surface area contributed by atoms with E-state index in [1.54, 1.807) is 0 Å². The van der Waals surface area contributed by atoms with Crippen LogP contribution in [0.5, 0.6) is 0 Å². The number of piperidine rings is 1. The van der Waals surface area contributed by atoms with Crippen LogP contribution in [0.3, 0.4) is 0 Å². The van der Waals surface area contributed by atoms with Gasteiger partial charge >= 0.3 is 0 Å². The molecule has 1 aliphatic heterocycles. The Bertz CT molecular complexity index is 136. The van der Waals surface area contributed by atoms with E-state index in [1.165, 1.54) is 6.42 Å². The molecule has 2 atom stereocenters. The number of likely N-dealkylation sites (N-methyl/N-ethyl adjacent to an activating group) is 1. The van der Waals surface area contributed by atoms with Gasteiger partial charge in [-0.05, 0) is 31.7 Å². The molecule has 2 nitrogen and oxygen atoms in total. The maximum atomic E-state index is 9.04. The molecule has 12 heavy (non-hydrogen) atoms. The zero-order valence-electron chi connectivity index (χ0n) is 8.45. The van der Waals surface area contributed by atoms with Crippen LogP contribution in [-0.4, -0.2) is 36.2 Å².